The number of nitrogens with one attached hydrogen (secondary N) is 1. The highest BCUT2D eigenvalue weighted by Crippen LogP contribution is 2.18. The van der Waals surface area contributed by atoms with E-state index in [1.165, 1.54) is 0 Å². The highest BCUT2D eigenvalue weighted by molar-refractivity contribution is 6.30. The second kappa shape index (κ2) is 10.6. The maximum absolute atomic E-state index is 11.8. The molecule has 0 heterocycles. The lowest BCUT2D eigenvalue weighted by Gasteiger charge is -2.16. The van der Waals surface area contributed by atoms with Crippen molar-refractivity contribution in [3.63, 3.8) is 0 Å². The van der Waals surface area contributed by atoms with Gasteiger partial charge in [-0.15, -0.1) is 0 Å². The third-order valence-electron chi connectivity index (χ3n) is 3.37. The van der Waals surface area contributed by atoms with Crippen LogP contribution >= 0.6 is 11.6 Å². The standard InChI is InChI=1S/C16H25ClN2O2/c1-21-15(13-7-9-14(17)10-8-13)12-19-16(20)6-4-2-3-5-11-18/h7-10,15H,2-6,11-12,18H2,1H3,(H,19,20). The van der Waals surface area contributed by atoms with Crippen LogP contribution in [0.15, 0.2) is 24.3 Å². The second-order valence-electron chi connectivity index (χ2n) is 5.03. The summed E-state index contributed by atoms with van der Waals surface area (Å²) in [7, 11) is 1.64. The minimum absolute atomic E-state index is 0.0683. The van der Waals surface area contributed by atoms with E-state index in [9.17, 15) is 4.79 Å². The molecule has 0 aliphatic carbocycles. The first kappa shape index (κ1) is 18.0. The fourth-order valence-electron chi connectivity index (χ4n) is 2.09. The lowest BCUT2D eigenvalue weighted by Crippen LogP contribution is -2.28. The first-order valence-electron chi connectivity index (χ1n) is 7.42. The highest BCUT2D eigenvalue weighted by Gasteiger charge is 2.11. The Kier molecular flexibility index (Phi) is 9.06. The molecule has 0 aliphatic rings. The van der Waals surface area contributed by atoms with Gasteiger partial charge >= 0.3 is 0 Å². The Bertz CT molecular complexity index is 409. The number of hydrogen-bond acceptors (Lipinski definition) is 3. The fourth-order valence-corrected chi connectivity index (χ4v) is 2.22. The summed E-state index contributed by atoms with van der Waals surface area (Å²) in [6.07, 6.45) is 4.49. The van der Waals surface area contributed by atoms with Crippen LogP contribution in [0.1, 0.15) is 43.8 Å². The predicted octanol–water partition coefficient (Wildman–Crippen LogP) is 3.05. The smallest absolute Gasteiger partial charge is 0.220 e. The number of hydrogen-bond donors (Lipinski definition) is 2. The van der Waals surface area contributed by atoms with Crippen molar-refractivity contribution in [1.82, 2.24) is 5.32 Å². The summed E-state index contributed by atoms with van der Waals surface area (Å²) < 4.78 is 5.41. The largest absolute Gasteiger partial charge is 0.375 e. The summed E-state index contributed by atoms with van der Waals surface area (Å²) in [5.74, 6) is 0.0683. The molecule has 1 unspecified atom stereocenters. The Morgan fingerprint density at radius 3 is 2.52 bits per heavy atom. The number of rotatable bonds is 10. The number of methoxy groups -OCH3 is 1. The average Bonchev–Trinajstić information content (AvgIpc) is 2.49. The van der Waals surface area contributed by atoms with Gasteiger partial charge in [0.1, 0.15) is 0 Å². The highest BCUT2D eigenvalue weighted by atomic mass is 35.5. The van der Waals surface area contributed by atoms with Crippen LogP contribution in [0.25, 0.3) is 0 Å². The average molecular weight is 313 g/mol. The van der Waals surface area contributed by atoms with Gasteiger partial charge in [0.25, 0.3) is 0 Å². The molecule has 0 saturated carbocycles. The van der Waals surface area contributed by atoms with Crippen molar-refractivity contribution < 1.29 is 9.53 Å². The number of carbonyl (C=O) groups excluding carboxylic acids is 1. The number of amides is 1. The van der Waals surface area contributed by atoms with Crippen LogP contribution in [0.5, 0.6) is 0 Å². The van der Waals surface area contributed by atoms with E-state index >= 15 is 0 Å². The summed E-state index contributed by atoms with van der Waals surface area (Å²) >= 11 is 5.86. The van der Waals surface area contributed by atoms with Crippen LogP contribution in [0.3, 0.4) is 0 Å². The van der Waals surface area contributed by atoms with E-state index in [2.05, 4.69) is 5.32 Å². The number of unbranched alkanes of at least 4 members (excludes halogenated alkanes) is 3. The maximum Gasteiger partial charge on any atom is 0.220 e. The van der Waals surface area contributed by atoms with Gasteiger partial charge in [-0.25, -0.2) is 0 Å². The molecule has 0 bridgehead atoms. The van der Waals surface area contributed by atoms with Gasteiger partial charge in [-0.2, -0.15) is 0 Å². The molecule has 1 atom stereocenters. The first-order chi connectivity index (χ1) is 10.2. The van der Waals surface area contributed by atoms with Crippen molar-refractivity contribution in [1.29, 1.82) is 0 Å². The second-order valence-corrected chi connectivity index (χ2v) is 5.47. The Morgan fingerprint density at radius 2 is 1.90 bits per heavy atom. The molecule has 1 rings (SSSR count). The number of nitrogens with two attached hydrogens (primary N) is 1. The number of ether oxygens (including phenoxy) is 1. The summed E-state index contributed by atoms with van der Waals surface area (Å²) in [5.41, 5.74) is 6.43. The third kappa shape index (κ3) is 7.46. The monoisotopic (exact) mass is 312 g/mol. The quantitative estimate of drug-likeness (QED) is 0.653. The van der Waals surface area contributed by atoms with Crippen molar-refractivity contribution in [2.75, 3.05) is 20.2 Å². The van der Waals surface area contributed by atoms with Crippen molar-refractivity contribution in [2.45, 2.75) is 38.2 Å². The Morgan fingerprint density at radius 1 is 1.24 bits per heavy atom. The molecule has 0 radical (unpaired) electrons. The van der Waals surface area contributed by atoms with Crippen molar-refractivity contribution in [3.05, 3.63) is 34.9 Å². The number of carbonyl (C=O) groups is 1. The molecular weight excluding hydrogens is 288 g/mol. The SMILES string of the molecule is COC(CNC(=O)CCCCCCN)c1ccc(Cl)cc1. The van der Waals surface area contributed by atoms with Crippen molar-refractivity contribution in [3.8, 4) is 0 Å². The van der Waals surface area contributed by atoms with E-state index in [0.29, 0.717) is 18.0 Å². The van der Waals surface area contributed by atoms with E-state index in [0.717, 1.165) is 37.8 Å². The summed E-state index contributed by atoms with van der Waals surface area (Å²) in [6.45, 7) is 1.20. The van der Waals surface area contributed by atoms with E-state index < -0.39 is 0 Å². The fraction of sp³-hybridized carbons (Fsp3) is 0.562. The molecule has 3 N–H and O–H groups in total. The lowest BCUT2D eigenvalue weighted by atomic mass is 10.1. The van der Waals surface area contributed by atoms with Gasteiger partial charge in [-0.1, -0.05) is 36.6 Å². The molecule has 1 amide bonds. The van der Waals surface area contributed by atoms with Crippen LogP contribution in [0.4, 0.5) is 0 Å². The molecule has 0 saturated heterocycles. The molecule has 1 aromatic carbocycles. The van der Waals surface area contributed by atoms with E-state index in [-0.39, 0.29) is 12.0 Å². The molecule has 21 heavy (non-hydrogen) atoms. The molecular formula is C16H25ClN2O2. The van der Waals surface area contributed by atoms with Crippen molar-refractivity contribution in [2.24, 2.45) is 5.73 Å². The molecule has 0 aliphatic heterocycles. The van der Waals surface area contributed by atoms with Crippen LogP contribution in [0, 0.1) is 0 Å². The molecule has 0 aromatic heterocycles. The Labute approximate surface area is 132 Å². The topological polar surface area (TPSA) is 64.3 Å². The van der Waals surface area contributed by atoms with E-state index in [1.54, 1.807) is 7.11 Å². The molecule has 4 nitrogen and oxygen atoms in total. The summed E-state index contributed by atoms with van der Waals surface area (Å²) in [6, 6.07) is 7.47. The summed E-state index contributed by atoms with van der Waals surface area (Å²) in [5, 5.41) is 3.61. The minimum Gasteiger partial charge on any atom is -0.375 e. The maximum atomic E-state index is 11.8. The first-order valence-corrected chi connectivity index (χ1v) is 7.80. The zero-order chi connectivity index (χ0) is 15.5. The molecule has 5 heteroatoms. The third-order valence-corrected chi connectivity index (χ3v) is 3.62. The molecule has 0 fully saturated rings. The normalized spacial score (nSPS) is 12.1. The number of halogens is 1. The van der Waals surface area contributed by atoms with Gasteiger partial charge in [-0.05, 0) is 37.1 Å². The van der Waals surface area contributed by atoms with Crippen LogP contribution in [-0.2, 0) is 9.53 Å². The van der Waals surface area contributed by atoms with Gasteiger partial charge in [0.2, 0.25) is 5.91 Å². The van der Waals surface area contributed by atoms with Gasteiger partial charge in [0.05, 0.1) is 6.10 Å². The molecule has 118 valence electrons. The Hall–Kier alpha value is -1.10. The van der Waals surface area contributed by atoms with Gasteiger partial charge in [0, 0.05) is 25.1 Å². The van der Waals surface area contributed by atoms with Crippen LogP contribution in [0.2, 0.25) is 5.02 Å². The number of benzene rings is 1. The minimum atomic E-state index is -0.150. The van der Waals surface area contributed by atoms with Gasteiger partial charge < -0.3 is 15.8 Å². The van der Waals surface area contributed by atoms with Gasteiger partial charge in [-0.3, -0.25) is 4.79 Å². The van der Waals surface area contributed by atoms with E-state index in [1.807, 2.05) is 24.3 Å². The predicted molar refractivity (Wildman–Crippen MR) is 86.4 cm³/mol. The Balaban J connectivity index is 2.28. The van der Waals surface area contributed by atoms with Crippen LogP contribution < -0.4 is 11.1 Å². The lowest BCUT2D eigenvalue weighted by molar-refractivity contribution is -0.121. The van der Waals surface area contributed by atoms with E-state index in [4.69, 9.17) is 22.1 Å². The van der Waals surface area contributed by atoms with Crippen molar-refractivity contribution >= 4 is 17.5 Å². The zero-order valence-corrected chi connectivity index (χ0v) is 13.4. The van der Waals surface area contributed by atoms with Crippen LogP contribution in [-0.4, -0.2) is 26.1 Å². The van der Waals surface area contributed by atoms with Gasteiger partial charge in [0.15, 0.2) is 0 Å². The molecule has 1 aromatic rings. The zero-order valence-electron chi connectivity index (χ0n) is 12.6. The molecule has 0 spiro atoms. The summed E-state index contributed by atoms with van der Waals surface area (Å²) in [4.78, 5) is 11.8.